The van der Waals surface area contributed by atoms with E-state index in [4.69, 9.17) is 9.47 Å². The fourth-order valence-corrected chi connectivity index (χ4v) is 6.69. The molecule has 3 rings (SSSR count). The largest absolute Gasteiger partial charge is 0.490 e. The first-order chi connectivity index (χ1) is 14.8. The molecule has 0 spiro atoms. The van der Waals surface area contributed by atoms with Crippen LogP contribution >= 0.6 is 0 Å². The van der Waals surface area contributed by atoms with Gasteiger partial charge in [-0.2, -0.15) is 5.06 Å². The van der Waals surface area contributed by atoms with Gasteiger partial charge < -0.3 is 14.7 Å². The van der Waals surface area contributed by atoms with Gasteiger partial charge in [-0.1, -0.05) is 50.6 Å². The van der Waals surface area contributed by atoms with Crippen LogP contribution in [0.1, 0.15) is 64.1 Å². The Morgan fingerprint density at radius 3 is 2.19 bits per heavy atom. The van der Waals surface area contributed by atoms with E-state index in [2.05, 4.69) is 0 Å². The zero-order valence-corrected chi connectivity index (χ0v) is 19.6. The molecule has 6 nitrogen and oxygen atoms in total. The van der Waals surface area contributed by atoms with Gasteiger partial charge >= 0.3 is 0 Å². The van der Waals surface area contributed by atoms with Gasteiger partial charge in [-0.15, -0.1) is 0 Å². The first kappa shape index (κ1) is 23.6. The number of benzene rings is 2. The van der Waals surface area contributed by atoms with E-state index in [1.807, 2.05) is 58.0 Å². The maximum absolute atomic E-state index is 13.7. The molecule has 2 aromatic rings. The molecule has 0 aliphatic carbocycles. The van der Waals surface area contributed by atoms with Crippen LogP contribution in [0.4, 0.5) is 0 Å². The summed E-state index contributed by atoms with van der Waals surface area (Å²) in [6.07, 6.45) is 1.82. The van der Waals surface area contributed by atoms with Crippen LogP contribution in [0.5, 0.6) is 11.5 Å². The number of hydrogen-bond acceptors (Lipinski definition) is 6. The normalized spacial score (nSPS) is 23.1. The molecule has 31 heavy (non-hydrogen) atoms. The molecule has 2 aromatic carbocycles. The number of nitrogens with zero attached hydrogens (tertiary/aromatic N) is 1. The Labute approximate surface area is 185 Å². The summed E-state index contributed by atoms with van der Waals surface area (Å²) < 4.78 is 38.8. The molecule has 0 bridgehead atoms. The molecule has 2 atom stereocenters. The SMILES string of the molecule is CCC[C@]1(CC)CS(=O)(=O)c2cc(OCC)c(OCC)cc2[C@@H](c2ccccc2)N1O. The van der Waals surface area contributed by atoms with Crippen molar-refractivity contribution in [2.75, 3.05) is 19.0 Å². The first-order valence-corrected chi connectivity index (χ1v) is 12.7. The molecule has 0 aromatic heterocycles. The lowest BCUT2D eigenvalue weighted by atomic mass is 9.88. The van der Waals surface area contributed by atoms with E-state index < -0.39 is 21.4 Å². The first-order valence-electron chi connectivity index (χ1n) is 11.0. The lowest BCUT2D eigenvalue weighted by molar-refractivity contribution is -0.193. The Bertz CT molecular complexity index is 993. The molecule has 0 saturated heterocycles. The van der Waals surface area contributed by atoms with Crippen LogP contribution in [-0.2, 0) is 9.84 Å². The third-order valence-electron chi connectivity index (χ3n) is 5.98. The van der Waals surface area contributed by atoms with Crippen LogP contribution < -0.4 is 9.47 Å². The summed E-state index contributed by atoms with van der Waals surface area (Å²) in [6.45, 7) is 8.47. The van der Waals surface area contributed by atoms with Gasteiger partial charge in [-0.25, -0.2) is 8.42 Å². The van der Waals surface area contributed by atoms with Crippen LogP contribution in [0, 0.1) is 0 Å². The van der Waals surface area contributed by atoms with Crippen molar-refractivity contribution in [3.8, 4) is 11.5 Å². The third kappa shape index (κ3) is 4.45. The van der Waals surface area contributed by atoms with E-state index in [9.17, 15) is 13.6 Å². The quantitative estimate of drug-likeness (QED) is 0.614. The molecule has 1 aliphatic heterocycles. The average molecular weight is 448 g/mol. The van der Waals surface area contributed by atoms with Crippen LogP contribution in [-0.4, -0.2) is 43.2 Å². The number of ether oxygens (including phenoxy) is 2. The second kappa shape index (κ2) is 9.59. The van der Waals surface area contributed by atoms with Crippen molar-refractivity contribution >= 4 is 9.84 Å². The summed E-state index contributed by atoms with van der Waals surface area (Å²) in [4.78, 5) is 0.193. The summed E-state index contributed by atoms with van der Waals surface area (Å²) >= 11 is 0. The molecule has 0 saturated carbocycles. The van der Waals surface area contributed by atoms with Crippen molar-refractivity contribution in [1.82, 2.24) is 5.06 Å². The second-order valence-electron chi connectivity index (χ2n) is 7.95. The maximum Gasteiger partial charge on any atom is 0.180 e. The summed E-state index contributed by atoms with van der Waals surface area (Å²) in [7, 11) is -3.70. The Hall–Kier alpha value is -2.09. The van der Waals surface area contributed by atoms with Gasteiger partial charge in [0.15, 0.2) is 21.3 Å². The highest BCUT2D eigenvalue weighted by Crippen LogP contribution is 2.47. The molecule has 0 amide bonds. The zero-order chi connectivity index (χ0) is 22.6. The summed E-state index contributed by atoms with van der Waals surface area (Å²) in [5, 5.41) is 12.9. The molecular formula is C24H33NO5S. The van der Waals surface area contributed by atoms with Gasteiger partial charge in [0.2, 0.25) is 0 Å². The molecule has 1 aliphatic rings. The second-order valence-corrected chi connectivity index (χ2v) is 9.91. The molecule has 7 heteroatoms. The van der Waals surface area contributed by atoms with Gasteiger partial charge in [-0.3, -0.25) is 0 Å². The highest BCUT2D eigenvalue weighted by molar-refractivity contribution is 7.91. The Kier molecular flexibility index (Phi) is 7.29. The highest BCUT2D eigenvalue weighted by Gasteiger charge is 2.48. The third-order valence-corrected chi connectivity index (χ3v) is 7.92. The Morgan fingerprint density at radius 2 is 1.65 bits per heavy atom. The average Bonchev–Trinajstić information content (AvgIpc) is 2.81. The van der Waals surface area contributed by atoms with Crippen LogP contribution in [0.15, 0.2) is 47.4 Å². The van der Waals surface area contributed by atoms with E-state index in [0.717, 1.165) is 12.0 Å². The summed E-state index contributed by atoms with van der Waals surface area (Å²) in [6, 6.07) is 12.2. The van der Waals surface area contributed by atoms with Gasteiger partial charge in [-0.05, 0) is 43.9 Å². The lowest BCUT2D eigenvalue weighted by Gasteiger charge is -2.41. The number of hydroxylamine groups is 2. The minimum atomic E-state index is -3.70. The summed E-state index contributed by atoms with van der Waals surface area (Å²) in [5.74, 6) is 0.728. The van der Waals surface area contributed by atoms with E-state index in [0.29, 0.717) is 43.1 Å². The molecule has 1 N–H and O–H groups in total. The number of hydrogen-bond donors (Lipinski definition) is 1. The smallest absolute Gasteiger partial charge is 0.180 e. The number of rotatable bonds is 8. The zero-order valence-electron chi connectivity index (χ0n) is 18.8. The van der Waals surface area contributed by atoms with Gasteiger partial charge in [0.05, 0.1) is 35.4 Å². The predicted molar refractivity (Wildman–Crippen MR) is 121 cm³/mol. The fourth-order valence-electron chi connectivity index (χ4n) is 4.53. The molecule has 170 valence electrons. The Morgan fingerprint density at radius 1 is 1.03 bits per heavy atom. The van der Waals surface area contributed by atoms with Gasteiger partial charge in [0.25, 0.3) is 0 Å². The highest BCUT2D eigenvalue weighted by atomic mass is 32.2. The maximum atomic E-state index is 13.7. The minimum absolute atomic E-state index is 0.156. The van der Waals surface area contributed by atoms with Gasteiger partial charge in [0.1, 0.15) is 0 Å². The van der Waals surface area contributed by atoms with E-state index in [1.54, 1.807) is 12.1 Å². The lowest BCUT2D eigenvalue weighted by Crippen LogP contribution is -2.51. The van der Waals surface area contributed by atoms with Crippen molar-refractivity contribution in [2.24, 2.45) is 0 Å². The number of sulfone groups is 1. The summed E-state index contributed by atoms with van der Waals surface area (Å²) in [5.41, 5.74) is 0.431. The van der Waals surface area contributed by atoms with Gasteiger partial charge in [0, 0.05) is 6.07 Å². The monoisotopic (exact) mass is 447 g/mol. The topological polar surface area (TPSA) is 76.1 Å². The van der Waals surface area contributed by atoms with Crippen LogP contribution in [0.3, 0.4) is 0 Å². The van der Waals surface area contributed by atoms with Crippen molar-refractivity contribution in [3.63, 3.8) is 0 Å². The van der Waals surface area contributed by atoms with Crippen molar-refractivity contribution < 1.29 is 23.1 Å². The van der Waals surface area contributed by atoms with E-state index in [-0.39, 0.29) is 10.6 Å². The minimum Gasteiger partial charge on any atom is -0.490 e. The molecule has 0 radical (unpaired) electrons. The predicted octanol–water partition coefficient (Wildman–Crippen LogP) is 5.00. The van der Waals surface area contributed by atoms with E-state index in [1.165, 1.54) is 5.06 Å². The Balaban J connectivity index is 2.35. The van der Waals surface area contributed by atoms with Crippen LogP contribution in [0.25, 0.3) is 0 Å². The van der Waals surface area contributed by atoms with Crippen molar-refractivity contribution in [1.29, 1.82) is 0 Å². The molecule has 0 fully saturated rings. The number of fused-ring (bicyclic) bond motifs is 1. The van der Waals surface area contributed by atoms with E-state index >= 15 is 0 Å². The van der Waals surface area contributed by atoms with Crippen molar-refractivity contribution in [3.05, 3.63) is 53.6 Å². The fraction of sp³-hybridized carbons (Fsp3) is 0.500. The standard InChI is InChI=1S/C24H33NO5S/c1-5-14-24(6-2)17-31(27,28)22-16-21(30-8-4)20(29-7-3)15-19(22)23(25(24)26)18-12-10-9-11-13-18/h9-13,15-16,23,26H,5-8,14,17H2,1-4H3/t23-,24-/m1/s1. The molecular weight excluding hydrogens is 414 g/mol. The van der Waals surface area contributed by atoms with Crippen molar-refractivity contribution in [2.45, 2.75) is 63.4 Å². The molecule has 1 heterocycles. The molecule has 0 unspecified atom stereocenters. The van der Waals surface area contributed by atoms with Crippen LogP contribution in [0.2, 0.25) is 0 Å².